The standard InChI is InChI=1S/C12H12F3N3O2S/c1-2-20-7-3-4-8-9(5-7)21-11(17-8)18-10(19)16-6-12(13,14)15/h3-5H,2,6H2,1H3,(H2,16,17,18,19). The van der Waals surface area contributed by atoms with Gasteiger partial charge in [-0.2, -0.15) is 13.2 Å². The van der Waals surface area contributed by atoms with Crippen LogP contribution in [0.15, 0.2) is 18.2 Å². The van der Waals surface area contributed by atoms with E-state index in [4.69, 9.17) is 4.74 Å². The molecular weight excluding hydrogens is 307 g/mol. The summed E-state index contributed by atoms with van der Waals surface area (Å²) in [6.07, 6.45) is -4.45. The number of anilines is 1. The van der Waals surface area contributed by atoms with Crippen molar-refractivity contribution in [3.05, 3.63) is 18.2 Å². The molecule has 0 radical (unpaired) electrons. The summed E-state index contributed by atoms with van der Waals surface area (Å²) < 4.78 is 42.0. The number of nitrogens with one attached hydrogen (secondary N) is 2. The van der Waals surface area contributed by atoms with Crippen LogP contribution in [-0.2, 0) is 0 Å². The summed E-state index contributed by atoms with van der Waals surface area (Å²) in [4.78, 5) is 15.4. The molecule has 2 aromatic rings. The van der Waals surface area contributed by atoms with Crippen molar-refractivity contribution in [2.24, 2.45) is 0 Å². The number of halogens is 3. The number of hydrogen-bond donors (Lipinski definition) is 2. The van der Waals surface area contributed by atoms with Crippen molar-refractivity contribution in [3.63, 3.8) is 0 Å². The average Bonchev–Trinajstić information content (AvgIpc) is 2.77. The van der Waals surface area contributed by atoms with Crippen LogP contribution in [0.3, 0.4) is 0 Å². The molecule has 0 saturated heterocycles. The van der Waals surface area contributed by atoms with Crippen molar-refractivity contribution in [2.45, 2.75) is 13.1 Å². The molecule has 2 amide bonds. The Bertz CT molecular complexity index is 642. The van der Waals surface area contributed by atoms with Gasteiger partial charge < -0.3 is 10.1 Å². The van der Waals surface area contributed by atoms with Crippen LogP contribution in [0.5, 0.6) is 5.75 Å². The van der Waals surface area contributed by atoms with E-state index in [1.165, 1.54) is 0 Å². The maximum Gasteiger partial charge on any atom is 0.405 e. The van der Waals surface area contributed by atoms with Gasteiger partial charge in [-0.05, 0) is 25.1 Å². The minimum absolute atomic E-state index is 0.221. The lowest BCUT2D eigenvalue weighted by atomic mass is 10.3. The molecule has 2 N–H and O–H groups in total. The number of urea groups is 1. The number of ether oxygens (including phenoxy) is 1. The Labute approximate surface area is 122 Å². The molecule has 21 heavy (non-hydrogen) atoms. The van der Waals surface area contributed by atoms with Crippen molar-refractivity contribution in [2.75, 3.05) is 18.5 Å². The number of nitrogens with zero attached hydrogens (tertiary/aromatic N) is 1. The quantitative estimate of drug-likeness (QED) is 0.908. The molecule has 0 aliphatic carbocycles. The normalized spacial score (nSPS) is 11.4. The summed E-state index contributed by atoms with van der Waals surface area (Å²) in [7, 11) is 0. The summed E-state index contributed by atoms with van der Waals surface area (Å²) in [6.45, 7) is 0.988. The molecule has 9 heteroatoms. The largest absolute Gasteiger partial charge is 0.494 e. The van der Waals surface area contributed by atoms with Gasteiger partial charge >= 0.3 is 12.2 Å². The summed E-state index contributed by atoms with van der Waals surface area (Å²) in [5, 5.41) is 4.21. The molecule has 0 saturated carbocycles. The van der Waals surface area contributed by atoms with Gasteiger partial charge in [-0.1, -0.05) is 11.3 Å². The van der Waals surface area contributed by atoms with Crippen LogP contribution in [-0.4, -0.2) is 30.3 Å². The highest BCUT2D eigenvalue weighted by Crippen LogP contribution is 2.29. The van der Waals surface area contributed by atoms with Crippen molar-refractivity contribution < 1.29 is 22.7 Å². The smallest absolute Gasteiger partial charge is 0.405 e. The first-order valence-corrected chi connectivity index (χ1v) is 6.84. The molecule has 2 rings (SSSR count). The first-order chi connectivity index (χ1) is 9.87. The van der Waals surface area contributed by atoms with Gasteiger partial charge in [0.05, 0.1) is 16.8 Å². The number of fused-ring (bicyclic) bond motifs is 1. The van der Waals surface area contributed by atoms with Gasteiger partial charge in [0, 0.05) is 0 Å². The fourth-order valence-corrected chi connectivity index (χ4v) is 2.43. The summed E-state index contributed by atoms with van der Waals surface area (Å²) in [5.74, 6) is 0.668. The highest BCUT2D eigenvalue weighted by Gasteiger charge is 2.27. The number of carbonyl (C=O) groups excluding carboxylic acids is 1. The Kier molecular flexibility index (Phi) is 4.51. The molecule has 0 atom stereocenters. The van der Waals surface area contributed by atoms with Crippen molar-refractivity contribution >= 4 is 32.7 Å². The van der Waals surface area contributed by atoms with E-state index in [1.54, 1.807) is 23.5 Å². The number of hydrogen-bond acceptors (Lipinski definition) is 4. The maximum absolute atomic E-state index is 12.0. The number of amides is 2. The Morgan fingerprint density at radius 2 is 2.19 bits per heavy atom. The first kappa shape index (κ1) is 15.4. The van der Waals surface area contributed by atoms with Crippen LogP contribution >= 0.6 is 11.3 Å². The summed E-state index contributed by atoms with van der Waals surface area (Å²) in [5.41, 5.74) is 0.634. The molecule has 1 aromatic carbocycles. The number of carbonyl (C=O) groups is 1. The SMILES string of the molecule is CCOc1ccc2nc(NC(=O)NCC(F)(F)F)sc2c1. The van der Waals surface area contributed by atoms with E-state index in [0.717, 1.165) is 16.0 Å². The molecule has 5 nitrogen and oxygen atoms in total. The molecule has 1 aromatic heterocycles. The number of rotatable bonds is 4. The minimum atomic E-state index is -4.45. The van der Waals surface area contributed by atoms with E-state index in [1.807, 2.05) is 6.92 Å². The second-order valence-electron chi connectivity index (χ2n) is 4.00. The minimum Gasteiger partial charge on any atom is -0.494 e. The Morgan fingerprint density at radius 1 is 1.43 bits per heavy atom. The highest BCUT2D eigenvalue weighted by molar-refractivity contribution is 7.22. The molecular formula is C12H12F3N3O2S. The fourth-order valence-electron chi connectivity index (χ4n) is 1.54. The van der Waals surface area contributed by atoms with Crippen molar-refractivity contribution in [1.29, 1.82) is 0 Å². The topological polar surface area (TPSA) is 63.2 Å². The van der Waals surface area contributed by atoms with Crippen LogP contribution in [0.4, 0.5) is 23.1 Å². The second-order valence-corrected chi connectivity index (χ2v) is 5.04. The van der Waals surface area contributed by atoms with E-state index < -0.39 is 18.8 Å². The van der Waals surface area contributed by atoms with Gasteiger partial charge in [-0.15, -0.1) is 0 Å². The summed E-state index contributed by atoms with van der Waals surface area (Å²) >= 11 is 1.15. The van der Waals surface area contributed by atoms with E-state index in [-0.39, 0.29) is 5.13 Å². The third-order valence-corrected chi connectivity index (χ3v) is 3.27. The molecule has 0 aliphatic heterocycles. The van der Waals surface area contributed by atoms with Gasteiger partial charge in [0.1, 0.15) is 12.3 Å². The van der Waals surface area contributed by atoms with Gasteiger partial charge in [0.25, 0.3) is 0 Å². The Balaban J connectivity index is 2.03. The predicted octanol–water partition coefficient (Wildman–Crippen LogP) is 3.38. The van der Waals surface area contributed by atoms with E-state index in [2.05, 4.69) is 10.3 Å². The van der Waals surface area contributed by atoms with Crippen LogP contribution in [0.25, 0.3) is 10.2 Å². The lowest BCUT2D eigenvalue weighted by molar-refractivity contribution is -0.122. The molecule has 0 fully saturated rings. The van der Waals surface area contributed by atoms with Crippen molar-refractivity contribution in [1.82, 2.24) is 10.3 Å². The maximum atomic E-state index is 12.0. The molecule has 0 bridgehead atoms. The lowest BCUT2D eigenvalue weighted by Crippen LogP contribution is -2.36. The van der Waals surface area contributed by atoms with Crippen LogP contribution in [0.2, 0.25) is 0 Å². The Morgan fingerprint density at radius 3 is 2.86 bits per heavy atom. The van der Waals surface area contributed by atoms with Crippen LogP contribution in [0.1, 0.15) is 6.92 Å². The van der Waals surface area contributed by atoms with E-state index >= 15 is 0 Å². The first-order valence-electron chi connectivity index (χ1n) is 6.02. The van der Waals surface area contributed by atoms with Gasteiger partial charge in [-0.3, -0.25) is 5.32 Å². The average molecular weight is 319 g/mol. The molecule has 0 aliphatic rings. The molecule has 0 unspecified atom stereocenters. The molecule has 114 valence electrons. The Hall–Kier alpha value is -2.03. The van der Waals surface area contributed by atoms with Crippen LogP contribution in [0, 0.1) is 0 Å². The zero-order valence-corrected chi connectivity index (χ0v) is 11.8. The van der Waals surface area contributed by atoms with Gasteiger partial charge in [0.2, 0.25) is 0 Å². The third kappa shape index (κ3) is 4.48. The number of thiazole rings is 1. The predicted molar refractivity (Wildman–Crippen MR) is 73.9 cm³/mol. The second kappa shape index (κ2) is 6.17. The zero-order chi connectivity index (χ0) is 15.5. The number of alkyl halides is 3. The van der Waals surface area contributed by atoms with Crippen LogP contribution < -0.4 is 15.4 Å². The fraction of sp³-hybridized carbons (Fsp3) is 0.333. The monoisotopic (exact) mass is 319 g/mol. The van der Waals surface area contributed by atoms with E-state index in [0.29, 0.717) is 17.9 Å². The number of aromatic nitrogens is 1. The lowest BCUT2D eigenvalue weighted by Gasteiger charge is -2.07. The van der Waals surface area contributed by atoms with E-state index in [9.17, 15) is 18.0 Å². The van der Waals surface area contributed by atoms with Crippen molar-refractivity contribution in [3.8, 4) is 5.75 Å². The van der Waals surface area contributed by atoms with Gasteiger partial charge in [0.15, 0.2) is 5.13 Å². The third-order valence-electron chi connectivity index (χ3n) is 2.34. The molecule has 1 heterocycles. The zero-order valence-electron chi connectivity index (χ0n) is 11.0. The summed E-state index contributed by atoms with van der Waals surface area (Å²) in [6, 6.07) is 4.26. The molecule has 0 spiro atoms. The number of benzene rings is 1. The van der Waals surface area contributed by atoms with Gasteiger partial charge in [-0.25, -0.2) is 9.78 Å². The highest BCUT2D eigenvalue weighted by atomic mass is 32.1.